The number of rotatable bonds is 9. The van der Waals surface area contributed by atoms with E-state index in [1.807, 2.05) is 12.1 Å². The molecule has 2 aromatic carbocycles. The van der Waals surface area contributed by atoms with Crippen LogP contribution in [0.4, 0.5) is 5.69 Å². The van der Waals surface area contributed by atoms with Crippen LogP contribution in [0, 0.1) is 0 Å². The van der Waals surface area contributed by atoms with Crippen molar-refractivity contribution < 1.29 is 14.3 Å². The van der Waals surface area contributed by atoms with Crippen LogP contribution in [0.5, 0.6) is 11.5 Å². The molecule has 0 amide bonds. The summed E-state index contributed by atoms with van der Waals surface area (Å²) >= 11 is 1.66. The van der Waals surface area contributed by atoms with Crippen molar-refractivity contribution in [3.63, 3.8) is 0 Å². The highest BCUT2D eigenvalue weighted by Gasteiger charge is 2.34. The van der Waals surface area contributed by atoms with Gasteiger partial charge in [0.2, 0.25) is 0 Å². The second-order valence-corrected chi connectivity index (χ2v) is 10.5. The molecular formula is C29H34N2O3S. The molecule has 2 aliphatic rings. The first kappa shape index (κ1) is 23.9. The van der Waals surface area contributed by atoms with Gasteiger partial charge in [0, 0.05) is 42.3 Å². The highest BCUT2D eigenvalue weighted by molar-refractivity contribution is 7.10. The van der Waals surface area contributed by atoms with E-state index in [2.05, 4.69) is 63.7 Å². The maximum absolute atomic E-state index is 12.3. The summed E-state index contributed by atoms with van der Waals surface area (Å²) in [6.45, 7) is 2.53. The number of carbonyl (C=O) groups is 1. The van der Waals surface area contributed by atoms with Gasteiger partial charge in [-0.25, -0.2) is 0 Å². The van der Waals surface area contributed by atoms with E-state index >= 15 is 0 Å². The normalized spacial score (nSPS) is 20.0. The average Bonchev–Trinajstić information content (AvgIpc) is 3.61. The van der Waals surface area contributed by atoms with Crippen molar-refractivity contribution >= 4 is 23.3 Å². The van der Waals surface area contributed by atoms with E-state index in [-0.39, 0.29) is 18.2 Å². The van der Waals surface area contributed by atoms with Crippen LogP contribution in [0.3, 0.4) is 0 Å². The molecule has 1 saturated carbocycles. The predicted octanol–water partition coefficient (Wildman–Crippen LogP) is 5.75. The molecule has 1 aromatic heterocycles. The van der Waals surface area contributed by atoms with Crippen LogP contribution in [-0.4, -0.2) is 50.1 Å². The zero-order chi connectivity index (χ0) is 24.0. The first-order valence-corrected chi connectivity index (χ1v) is 13.5. The topological polar surface area (TPSA) is 42.0 Å². The standard InChI is InChI=1S/C29H34N2O3S/c1-33-27-14-13-23(19-28(27)34-25-10-5-6-11-25)30-15-16-31(26(21-32)29-12-7-17-35-29)24(20-30)18-22-8-3-2-4-9-22/h2-4,7-9,12-14,17,19,21,24-26H,5-6,10-11,15-16,18,20H2,1H3/t24?,26-/m0/s1. The Bertz CT molecular complexity index is 1080. The summed E-state index contributed by atoms with van der Waals surface area (Å²) in [5, 5.41) is 2.05. The van der Waals surface area contributed by atoms with E-state index < -0.39 is 0 Å². The highest BCUT2D eigenvalue weighted by atomic mass is 32.1. The Balaban J connectivity index is 1.39. The van der Waals surface area contributed by atoms with Gasteiger partial charge in [0.05, 0.1) is 13.2 Å². The molecule has 0 N–H and O–H groups in total. The minimum atomic E-state index is -0.206. The second-order valence-electron chi connectivity index (χ2n) is 9.48. The number of nitrogens with zero attached hydrogens (tertiary/aromatic N) is 2. The lowest BCUT2D eigenvalue weighted by Gasteiger charge is -2.44. The van der Waals surface area contributed by atoms with Crippen LogP contribution in [0.1, 0.15) is 42.2 Å². The van der Waals surface area contributed by atoms with E-state index in [4.69, 9.17) is 9.47 Å². The third-order valence-corrected chi connectivity index (χ3v) is 8.21. The Morgan fingerprint density at radius 1 is 1.03 bits per heavy atom. The molecular weight excluding hydrogens is 456 g/mol. The fourth-order valence-corrected chi connectivity index (χ4v) is 6.25. The van der Waals surface area contributed by atoms with E-state index in [0.29, 0.717) is 0 Å². The van der Waals surface area contributed by atoms with Crippen molar-refractivity contribution in [2.75, 3.05) is 31.6 Å². The first-order valence-electron chi connectivity index (χ1n) is 12.6. The number of thiophene rings is 1. The van der Waals surface area contributed by atoms with Gasteiger partial charge in [-0.15, -0.1) is 11.3 Å². The smallest absolute Gasteiger partial charge is 0.163 e. The van der Waals surface area contributed by atoms with Crippen molar-refractivity contribution in [1.82, 2.24) is 4.90 Å². The van der Waals surface area contributed by atoms with Gasteiger partial charge in [-0.05, 0) is 61.2 Å². The predicted molar refractivity (Wildman–Crippen MR) is 142 cm³/mol. The van der Waals surface area contributed by atoms with Crippen LogP contribution in [0.15, 0.2) is 66.0 Å². The Morgan fingerprint density at radius 2 is 1.86 bits per heavy atom. The number of piperazine rings is 1. The quantitative estimate of drug-likeness (QED) is 0.357. The van der Waals surface area contributed by atoms with E-state index in [0.717, 1.165) is 67.2 Å². The lowest BCUT2D eigenvalue weighted by molar-refractivity contribution is -0.113. The van der Waals surface area contributed by atoms with Crippen molar-refractivity contribution in [2.24, 2.45) is 0 Å². The molecule has 6 heteroatoms. The van der Waals surface area contributed by atoms with Crippen molar-refractivity contribution in [1.29, 1.82) is 0 Å². The van der Waals surface area contributed by atoms with Gasteiger partial charge in [0.1, 0.15) is 12.3 Å². The summed E-state index contributed by atoms with van der Waals surface area (Å²) in [5.74, 6) is 1.63. The SMILES string of the molecule is COc1ccc(N2CCN([C@@H](C=O)c3cccs3)C(Cc3ccccc3)C2)cc1OC1CCCC1. The third-order valence-electron chi connectivity index (χ3n) is 7.27. The minimum Gasteiger partial charge on any atom is -0.493 e. The molecule has 3 aromatic rings. The van der Waals surface area contributed by atoms with E-state index in [9.17, 15) is 4.79 Å². The zero-order valence-electron chi connectivity index (χ0n) is 20.3. The van der Waals surface area contributed by atoms with E-state index in [1.165, 1.54) is 18.4 Å². The fraction of sp³-hybridized carbons (Fsp3) is 0.414. The van der Waals surface area contributed by atoms with Crippen molar-refractivity contribution in [3.05, 3.63) is 76.5 Å². The molecule has 1 saturated heterocycles. The van der Waals surface area contributed by atoms with Gasteiger partial charge in [-0.1, -0.05) is 36.4 Å². The molecule has 0 spiro atoms. The van der Waals surface area contributed by atoms with E-state index in [1.54, 1.807) is 18.4 Å². The number of methoxy groups -OCH3 is 1. The molecule has 35 heavy (non-hydrogen) atoms. The second kappa shape index (κ2) is 11.3. The third kappa shape index (κ3) is 5.54. The summed E-state index contributed by atoms with van der Waals surface area (Å²) < 4.78 is 12.0. The molecule has 1 aliphatic heterocycles. The van der Waals surface area contributed by atoms with Crippen LogP contribution in [0.25, 0.3) is 0 Å². The zero-order valence-corrected chi connectivity index (χ0v) is 21.2. The molecule has 2 heterocycles. The summed E-state index contributed by atoms with van der Waals surface area (Å²) in [6.07, 6.45) is 6.98. The lowest BCUT2D eigenvalue weighted by Crippen LogP contribution is -2.55. The molecule has 2 fully saturated rings. The number of anilines is 1. The lowest BCUT2D eigenvalue weighted by atomic mass is 9.99. The summed E-state index contributed by atoms with van der Waals surface area (Å²) in [5.41, 5.74) is 2.44. The number of hydrogen-bond acceptors (Lipinski definition) is 6. The Labute approximate surface area is 212 Å². The van der Waals surface area contributed by atoms with Crippen LogP contribution >= 0.6 is 11.3 Å². The molecule has 2 atom stereocenters. The highest BCUT2D eigenvalue weighted by Crippen LogP contribution is 2.37. The molecule has 0 radical (unpaired) electrons. The monoisotopic (exact) mass is 490 g/mol. The summed E-state index contributed by atoms with van der Waals surface area (Å²) in [6, 6.07) is 21.0. The van der Waals surface area contributed by atoms with Gasteiger partial charge in [0.25, 0.3) is 0 Å². The number of carbonyl (C=O) groups excluding carboxylic acids is 1. The van der Waals surface area contributed by atoms with Gasteiger partial charge >= 0.3 is 0 Å². The van der Waals surface area contributed by atoms with Gasteiger partial charge in [0.15, 0.2) is 11.5 Å². The first-order chi connectivity index (χ1) is 17.2. The number of ether oxygens (including phenoxy) is 2. The maximum atomic E-state index is 12.3. The maximum Gasteiger partial charge on any atom is 0.163 e. The van der Waals surface area contributed by atoms with Crippen LogP contribution < -0.4 is 14.4 Å². The van der Waals surface area contributed by atoms with Gasteiger partial charge in [-0.2, -0.15) is 0 Å². The van der Waals surface area contributed by atoms with Crippen molar-refractivity contribution in [2.45, 2.75) is 50.3 Å². The number of hydrogen-bond donors (Lipinski definition) is 0. The van der Waals surface area contributed by atoms with Crippen molar-refractivity contribution in [3.8, 4) is 11.5 Å². The summed E-state index contributed by atoms with van der Waals surface area (Å²) in [4.78, 5) is 18.2. The molecule has 5 rings (SSSR count). The molecule has 184 valence electrons. The van der Waals surface area contributed by atoms with Crippen LogP contribution in [-0.2, 0) is 11.2 Å². The van der Waals surface area contributed by atoms with Gasteiger partial charge in [-0.3, -0.25) is 4.90 Å². The number of benzene rings is 2. The Hall–Kier alpha value is -2.83. The fourth-order valence-electron chi connectivity index (χ4n) is 5.45. The molecule has 0 bridgehead atoms. The average molecular weight is 491 g/mol. The molecule has 1 aliphatic carbocycles. The Morgan fingerprint density at radius 3 is 2.57 bits per heavy atom. The molecule has 1 unspecified atom stereocenters. The largest absolute Gasteiger partial charge is 0.493 e. The van der Waals surface area contributed by atoms with Gasteiger partial charge < -0.3 is 19.2 Å². The minimum absolute atomic E-state index is 0.206. The summed E-state index contributed by atoms with van der Waals surface area (Å²) in [7, 11) is 1.70. The van der Waals surface area contributed by atoms with Crippen LogP contribution in [0.2, 0.25) is 0 Å². The Kier molecular flexibility index (Phi) is 7.69. The number of aldehydes is 1. The molecule has 5 nitrogen and oxygen atoms in total.